The zero-order valence-corrected chi connectivity index (χ0v) is 13.0. The molecule has 0 aliphatic rings. The third-order valence-electron chi connectivity index (χ3n) is 3.01. The van der Waals surface area contributed by atoms with Gasteiger partial charge in [-0.1, -0.05) is 13.8 Å². The van der Waals surface area contributed by atoms with Crippen LogP contribution in [0.4, 0.5) is 16.3 Å². The van der Waals surface area contributed by atoms with Gasteiger partial charge in [0.15, 0.2) is 0 Å². The topological polar surface area (TPSA) is 112 Å². The minimum atomic E-state index is -0.657. The normalized spacial score (nSPS) is 11.8. The van der Waals surface area contributed by atoms with E-state index in [2.05, 4.69) is 31.1 Å². The highest BCUT2D eigenvalue weighted by Gasteiger charge is 2.22. The smallest absolute Gasteiger partial charge is 0.319 e. The van der Waals surface area contributed by atoms with E-state index < -0.39 is 12.1 Å². The van der Waals surface area contributed by atoms with E-state index in [0.29, 0.717) is 17.9 Å². The van der Waals surface area contributed by atoms with Crippen molar-refractivity contribution < 1.29 is 9.59 Å². The first-order chi connectivity index (χ1) is 11.0. The lowest BCUT2D eigenvalue weighted by Gasteiger charge is -2.20. The Balaban J connectivity index is 1.97. The van der Waals surface area contributed by atoms with Gasteiger partial charge in [0.25, 0.3) is 0 Å². The molecule has 3 amide bonds. The quantitative estimate of drug-likeness (QED) is 0.653. The van der Waals surface area contributed by atoms with Gasteiger partial charge in [0, 0.05) is 12.3 Å². The van der Waals surface area contributed by atoms with Gasteiger partial charge in [0.05, 0.1) is 18.1 Å². The Kier molecular flexibility index (Phi) is 5.67. The molecule has 8 heteroatoms. The molecular weight excluding hydrogens is 296 g/mol. The molecule has 0 saturated heterocycles. The van der Waals surface area contributed by atoms with Crippen LogP contribution >= 0.6 is 0 Å². The molecule has 0 saturated carbocycles. The fraction of sp³-hybridized carbons (Fsp3) is 0.333. The molecule has 2 heterocycles. The summed E-state index contributed by atoms with van der Waals surface area (Å²) in [6, 6.07) is 3.96. The molecule has 0 aliphatic heterocycles. The van der Waals surface area contributed by atoms with Gasteiger partial charge >= 0.3 is 6.03 Å². The fourth-order valence-electron chi connectivity index (χ4n) is 2.01. The molecule has 1 atom stereocenters. The van der Waals surface area contributed by atoms with Crippen molar-refractivity contribution in [2.45, 2.75) is 26.3 Å². The van der Waals surface area contributed by atoms with Gasteiger partial charge in [-0.2, -0.15) is 5.10 Å². The molecule has 2 rings (SSSR count). The lowest BCUT2D eigenvalue weighted by atomic mass is 10.0. The van der Waals surface area contributed by atoms with Crippen LogP contribution in [0.3, 0.4) is 0 Å². The minimum Gasteiger partial charge on any atom is -0.326 e. The minimum absolute atomic E-state index is 0.242. The maximum Gasteiger partial charge on any atom is 0.319 e. The SMILES string of the molecule is CC(C)C[C@H](NC(=O)Nc1cccnc1)C(=O)Nc1ccn[nH]1. The Labute approximate surface area is 134 Å². The van der Waals surface area contributed by atoms with E-state index >= 15 is 0 Å². The highest BCUT2D eigenvalue weighted by molar-refractivity contribution is 5.98. The number of H-pyrrole nitrogens is 1. The van der Waals surface area contributed by atoms with Gasteiger partial charge in [0.1, 0.15) is 11.9 Å². The number of hydrogen-bond acceptors (Lipinski definition) is 4. The molecule has 2 aromatic heterocycles. The van der Waals surface area contributed by atoms with Crippen LogP contribution in [0.2, 0.25) is 0 Å². The number of aromatic amines is 1. The predicted molar refractivity (Wildman–Crippen MR) is 86.9 cm³/mol. The van der Waals surface area contributed by atoms with Crippen molar-refractivity contribution in [1.29, 1.82) is 0 Å². The maximum absolute atomic E-state index is 12.3. The van der Waals surface area contributed by atoms with Crippen LogP contribution in [-0.2, 0) is 4.79 Å². The standard InChI is InChI=1S/C15H20N6O2/c1-10(2)8-12(14(22)20-13-5-7-17-21-13)19-15(23)18-11-4-3-6-16-9-11/h3-7,9-10,12H,8H2,1-2H3,(H2,18,19,23)(H2,17,20,21,22)/t12-/m0/s1. The first-order valence-electron chi connectivity index (χ1n) is 7.32. The lowest BCUT2D eigenvalue weighted by molar-refractivity contribution is -0.118. The number of hydrogen-bond donors (Lipinski definition) is 4. The number of carbonyl (C=O) groups is 2. The molecule has 0 bridgehead atoms. The van der Waals surface area contributed by atoms with Crippen molar-refractivity contribution in [2.24, 2.45) is 5.92 Å². The van der Waals surface area contributed by atoms with Gasteiger partial charge in [-0.3, -0.25) is 14.9 Å². The number of nitrogens with zero attached hydrogens (tertiary/aromatic N) is 2. The number of nitrogens with one attached hydrogen (secondary N) is 4. The summed E-state index contributed by atoms with van der Waals surface area (Å²) in [5.74, 6) is 0.425. The van der Waals surface area contributed by atoms with E-state index in [9.17, 15) is 9.59 Å². The van der Waals surface area contributed by atoms with E-state index in [1.807, 2.05) is 13.8 Å². The highest BCUT2D eigenvalue weighted by Crippen LogP contribution is 2.09. The summed E-state index contributed by atoms with van der Waals surface area (Å²) in [7, 11) is 0. The highest BCUT2D eigenvalue weighted by atomic mass is 16.2. The summed E-state index contributed by atoms with van der Waals surface area (Å²) in [5, 5.41) is 14.4. The summed E-state index contributed by atoms with van der Waals surface area (Å²) in [6.07, 6.45) is 5.19. The van der Waals surface area contributed by atoms with Crippen LogP contribution in [-0.4, -0.2) is 33.2 Å². The van der Waals surface area contributed by atoms with Crippen LogP contribution in [0.1, 0.15) is 20.3 Å². The molecule has 0 radical (unpaired) electrons. The zero-order chi connectivity index (χ0) is 16.7. The van der Waals surface area contributed by atoms with E-state index in [0.717, 1.165) is 0 Å². The molecular formula is C15H20N6O2. The number of urea groups is 1. The van der Waals surface area contributed by atoms with Crippen molar-refractivity contribution in [3.8, 4) is 0 Å². The monoisotopic (exact) mass is 316 g/mol. The van der Waals surface area contributed by atoms with Gasteiger partial charge in [0.2, 0.25) is 5.91 Å². The Morgan fingerprint density at radius 1 is 1.22 bits per heavy atom. The number of anilines is 2. The van der Waals surface area contributed by atoms with Crippen molar-refractivity contribution in [1.82, 2.24) is 20.5 Å². The lowest BCUT2D eigenvalue weighted by Crippen LogP contribution is -2.46. The Morgan fingerprint density at radius 3 is 2.65 bits per heavy atom. The maximum atomic E-state index is 12.3. The van der Waals surface area contributed by atoms with Crippen molar-refractivity contribution >= 4 is 23.4 Å². The molecule has 122 valence electrons. The summed E-state index contributed by atoms with van der Waals surface area (Å²) in [5.41, 5.74) is 0.558. The van der Waals surface area contributed by atoms with Gasteiger partial charge in [-0.25, -0.2) is 4.79 Å². The molecule has 0 unspecified atom stereocenters. The predicted octanol–water partition coefficient (Wildman–Crippen LogP) is 1.98. The summed E-state index contributed by atoms with van der Waals surface area (Å²) in [6.45, 7) is 3.97. The molecule has 23 heavy (non-hydrogen) atoms. The van der Waals surface area contributed by atoms with E-state index in [4.69, 9.17) is 0 Å². The van der Waals surface area contributed by atoms with Gasteiger partial charge in [-0.05, 0) is 24.5 Å². The average Bonchev–Trinajstić information content (AvgIpc) is 3.00. The Morgan fingerprint density at radius 2 is 2.04 bits per heavy atom. The summed E-state index contributed by atoms with van der Waals surface area (Å²) < 4.78 is 0. The number of carbonyl (C=O) groups excluding carboxylic acids is 2. The zero-order valence-electron chi connectivity index (χ0n) is 13.0. The van der Waals surface area contributed by atoms with E-state index in [1.165, 1.54) is 12.4 Å². The molecule has 0 fully saturated rings. The fourth-order valence-corrected chi connectivity index (χ4v) is 2.01. The summed E-state index contributed by atoms with van der Waals surface area (Å²) in [4.78, 5) is 28.3. The van der Waals surface area contributed by atoms with Gasteiger partial charge < -0.3 is 16.0 Å². The Hall–Kier alpha value is -2.90. The van der Waals surface area contributed by atoms with E-state index in [-0.39, 0.29) is 11.8 Å². The third kappa shape index (κ3) is 5.42. The second-order valence-electron chi connectivity index (χ2n) is 5.48. The van der Waals surface area contributed by atoms with E-state index in [1.54, 1.807) is 24.4 Å². The van der Waals surface area contributed by atoms with Crippen molar-refractivity contribution in [2.75, 3.05) is 10.6 Å². The van der Waals surface area contributed by atoms with Crippen LogP contribution in [0.15, 0.2) is 36.8 Å². The third-order valence-corrected chi connectivity index (χ3v) is 3.01. The molecule has 0 spiro atoms. The molecule has 2 aromatic rings. The largest absolute Gasteiger partial charge is 0.326 e. The number of rotatable bonds is 6. The molecule has 8 nitrogen and oxygen atoms in total. The first kappa shape index (κ1) is 16.5. The van der Waals surface area contributed by atoms with Crippen LogP contribution < -0.4 is 16.0 Å². The number of amides is 3. The van der Waals surface area contributed by atoms with Crippen molar-refractivity contribution in [3.63, 3.8) is 0 Å². The Bertz CT molecular complexity index is 627. The average molecular weight is 316 g/mol. The van der Waals surface area contributed by atoms with Gasteiger partial charge in [-0.15, -0.1) is 0 Å². The number of aromatic nitrogens is 3. The molecule has 0 aromatic carbocycles. The van der Waals surface area contributed by atoms with Crippen LogP contribution in [0.25, 0.3) is 0 Å². The second kappa shape index (κ2) is 7.92. The summed E-state index contributed by atoms with van der Waals surface area (Å²) >= 11 is 0. The first-order valence-corrected chi connectivity index (χ1v) is 7.32. The van der Waals surface area contributed by atoms with Crippen LogP contribution in [0, 0.1) is 5.92 Å². The second-order valence-corrected chi connectivity index (χ2v) is 5.48. The van der Waals surface area contributed by atoms with Crippen LogP contribution in [0.5, 0.6) is 0 Å². The molecule has 0 aliphatic carbocycles. The van der Waals surface area contributed by atoms with Crippen molar-refractivity contribution in [3.05, 3.63) is 36.8 Å². The number of pyridine rings is 1. The molecule has 4 N–H and O–H groups in total.